The summed E-state index contributed by atoms with van der Waals surface area (Å²) < 4.78 is 0. The van der Waals surface area contributed by atoms with Gasteiger partial charge in [0.05, 0.1) is 0 Å². The highest BCUT2D eigenvalue weighted by atomic mass is 32.2. The molecule has 0 aliphatic heterocycles. The van der Waals surface area contributed by atoms with E-state index in [0.717, 1.165) is 10.6 Å². The van der Waals surface area contributed by atoms with Crippen molar-refractivity contribution in [1.29, 1.82) is 0 Å². The molecule has 1 N–H and O–H groups in total. The minimum absolute atomic E-state index is 0.221. The Morgan fingerprint density at radius 1 is 1.43 bits per heavy atom. The average molecular weight is 210 g/mol. The topological polar surface area (TPSA) is 37.3 Å². The monoisotopic (exact) mass is 210 g/mol. The maximum absolute atomic E-state index is 10.9. The molecule has 0 bridgehead atoms. The molecule has 1 unspecified atom stereocenters. The quantitative estimate of drug-likeness (QED) is 0.775. The van der Waals surface area contributed by atoms with E-state index in [1.807, 2.05) is 12.1 Å². The second kappa shape index (κ2) is 5.17. The first-order valence-electron chi connectivity index (χ1n) is 4.56. The van der Waals surface area contributed by atoms with Crippen molar-refractivity contribution in [3.05, 3.63) is 29.8 Å². The lowest BCUT2D eigenvalue weighted by molar-refractivity contribution is -0.125. The maximum Gasteiger partial charge on any atom is 0.162 e. The van der Waals surface area contributed by atoms with Crippen LogP contribution in [0.25, 0.3) is 0 Å². The first kappa shape index (κ1) is 11.3. The number of benzene rings is 1. The van der Waals surface area contributed by atoms with E-state index in [2.05, 4.69) is 6.92 Å². The number of Topliss-reactive ketones (excluding diaryl/α,β-unsaturated/α-hetero) is 1. The van der Waals surface area contributed by atoms with Gasteiger partial charge >= 0.3 is 0 Å². The Kier molecular flexibility index (Phi) is 4.17. The largest absolute Gasteiger partial charge is 0.381 e. The molecule has 0 spiro atoms. The molecular weight excluding hydrogens is 196 g/mol. The number of hydrogen-bond donors (Lipinski definition) is 1. The molecule has 1 atom stereocenters. The zero-order valence-corrected chi connectivity index (χ0v) is 9.17. The lowest BCUT2D eigenvalue weighted by atomic mass is 10.1. The molecule has 0 amide bonds. The van der Waals surface area contributed by atoms with Crippen molar-refractivity contribution in [3.8, 4) is 0 Å². The molecule has 14 heavy (non-hydrogen) atoms. The van der Waals surface area contributed by atoms with E-state index in [-0.39, 0.29) is 5.78 Å². The van der Waals surface area contributed by atoms with E-state index in [1.54, 1.807) is 23.9 Å². The third-order valence-electron chi connectivity index (χ3n) is 1.89. The number of rotatable bonds is 4. The van der Waals surface area contributed by atoms with Gasteiger partial charge in [0.2, 0.25) is 0 Å². The van der Waals surface area contributed by atoms with Gasteiger partial charge in [0, 0.05) is 4.90 Å². The molecule has 0 aromatic heterocycles. The predicted molar refractivity (Wildman–Crippen MR) is 58.5 cm³/mol. The summed E-state index contributed by atoms with van der Waals surface area (Å²) in [5, 5.41) is 9.46. The van der Waals surface area contributed by atoms with Crippen molar-refractivity contribution in [2.45, 2.75) is 24.8 Å². The third kappa shape index (κ3) is 2.86. The van der Waals surface area contributed by atoms with Crippen LogP contribution >= 0.6 is 11.8 Å². The van der Waals surface area contributed by atoms with Crippen LogP contribution in [-0.2, 0) is 4.79 Å². The summed E-state index contributed by atoms with van der Waals surface area (Å²) >= 11 is 1.74. The van der Waals surface area contributed by atoms with Gasteiger partial charge in [-0.3, -0.25) is 4.79 Å². The van der Waals surface area contributed by atoms with E-state index in [1.165, 1.54) is 6.92 Å². The van der Waals surface area contributed by atoms with Gasteiger partial charge in [0.25, 0.3) is 0 Å². The minimum Gasteiger partial charge on any atom is -0.381 e. The molecular formula is C11H14O2S. The van der Waals surface area contributed by atoms with E-state index in [9.17, 15) is 9.90 Å². The highest BCUT2D eigenvalue weighted by Gasteiger charge is 2.11. The second-order valence-electron chi connectivity index (χ2n) is 3.02. The van der Waals surface area contributed by atoms with E-state index in [0.29, 0.717) is 5.56 Å². The molecule has 2 nitrogen and oxygen atoms in total. The average Bonchev–Trinajstić information content (AvgIpc) is 2.18. The van der Waals surface area contributed by atoms with Gasteiger partial charge in [-0.15, -0.1) is 11.8 Å². The number of aliphatic hydroxyl groups excluding tert-OH is 1. The Morgan fingerprint density at radius 2 is 2.00 bits per heavy atom. The molecule has 1 aromatic rings. The van der Waals surface area contributed by atoms with Gasteiger partial charge in [0.15, 0.2) is 5.78 Å². The molecule has 0 heterocycles. The number of ketones is 1. The van der Waals surface area contributed by atoms with E-state index < -0.39 is 6.10 Å². The van der Waals surface area contributed by atoms with Crippen molar-refractivity contribution in [3.63, 3.8) is 0 Å². The van der Waals surface area contributed by atoms with Gasteiger partial charge in [-0.25, -0.2) is 0 Å². The first-order valence-corrected chi connectivity index (χ1v) is 5.55. The summed E-state index contributed by atoms with van der Waals surface area (Å²) in [7, 11) is 0. The number of carbonyl (C=O) groups is 1. The zero-order chi connectivity index (χ0) is 10.6. The molecule has 0 aliphatic carbocycles. The van der Waals surface area contributed by atoms with Crippen LogP contribution in [0, 0.1) is 0 Å². The van der Waals surface area contributed by atoms with Crippen LogP contribution in [0.4, 0.5) is 0 Å². The summed E-state index contributed by atoms with van der Waals surface area (Å²) in [6.07, 6.45) is -0.976. The normalized spacial score (nSPS) is 12.5. The van der Waals surface area contributed by atoms with Crippen LogP contribution in [0.3, 0.4) is 0 Å². The fourth-order valence-corrected chi connectivity index (χ4v) is 1.81. The standard InChI is InChI=1S/C11H14O2S/c1-3-14-10-6-4-9(5-7-10)11(13)8(2)12/h4-7,11,13H,3H2,1-2H3. The second-order valence-corrected chi connectivity index (χ2v) is 4.35. The van der Waals surface area contributed by atoms with Gasteiger partial charge in [-0.05, 0) is 30.4 Å². The fraction of sp³-hybridized carbons (Fsp3) is 0.364. The van der Waals surface area contributed by atoms with Crippen molar-refractivity contribution in [2.75, 3.05) is 5.75 Å². The highest BCUT2D eigenvalue weighted by molar-refractivity contribution is 7.99. The lowest BCUT2D eigenvalue weighted by Crippen LogP contribution is -2.06. The number of thioether (sulfide) groups is 1. The van der Waals surface area contributed by atoms with Crippen molar-refractivity contribution < 1.29 is 9.90 Å². The molecule has 1 rings (SSSR count). The van der Waals surface area contributed by atoms with Gasteiger partial charge in [-0.2, -0.15) is 0 Å². The third-order valence-corrected chi connectivity index (χ3v) is 2.79. The zero-order valence-electron chi connectivity index (χ0n) is 8.36. The Morgan fingerprint density at radius 3 is 2.43 bits per heavy atom. The Balaban J connectivity index is 2.77. The van der Waals surface area contributed by atoms with Crippen LogP contribution in [-0.4, -0.2) is 16.6 Å². The fourth-order valence-electron chi connectivity index (χ4n) is 1.15. The number of hydrogen-bond acceptors (Lipinski definition) is 3. The maximum atomic E-state index is 10.9. The van der Waals surface area contributed by atoms with Crippen molar-refractivity contribution in [2.24, 2.45) is 0 Å². The van der Waals surface area contributed by atoms with Crippen molar-refractivity contribution in [1.82, 2.24) is 0 Å². The summed E-state index contributed by atoms with van der Waals surface area (Å²) in [5.74, 6) is 0.801. The molecule has 0 fully saturated rings. The van der Waals surface area contributed by atoms with E-state index >= 15 is 0 Å². The Bertz CT molecular complexity index is 306. The Labute approximate surface area is 88.3 Å². The highest BCUT2D eigenvalue weighted by Crippen LogP contribution is 2.21. The molecule has 1 aromatic carbocycles. The Hall–Kier alpha value is -0.800. The van der Waals surface area contributed by atoms with E-state index in [4.69, 9.17) is 0 Å². The summed E-state index contributed by atoms with van der Waals surface area (Å²) in [5.41, 5.74) is 0.665. The predicted octanol–water partition coefficient (Wildman–Crippen LogP) is 2.42. The molecule has 0 saturated carbocycles. The molecule has 0 radical (unpaired) electrons. The molecule has 0 saturated heterocycles. The van der Waals surface area contributed by atoms with Crippen LogP contribution in [0.5, 0.6) is 0 Å². The van der Waals surface area contributed by atoms with Gasteiger partial charge in [-0.1, -0.05) is 19.1 Å². The molecule has 3 heteroatoms. The number of aliphatic hydroxyl groups is 1. The summed E-state index contributed by atoms with van der Waals surface area (Å²) in [6.45, 7) is 3.47. The SMILES string of the molecule is CCSc1ccc(C(O)C(C)=O)cc1. The van der Waals surface area contributed by atoms with Crippen LogP contribution in [0.15, 0.2) is 29.2 Å². The van der Waals surface area contributed by atoms with Gasteiger partial charge in [0.1, 0.15) is 6.10 Å². The van der Waals surface area contributed by atoms with Crippen LogP contribution in [0.2, 0.25) is 0 Å². The smallest absolute Gasteiger partial charge is 0.162 e. The number of carbonyl (C=O) groups excluding carboxylic acids is 1. The lowest BCUT2D eigenvalue weighted by Gasteiger charge is -2.07. The van der Waals surface area contributed by atoms with Gasteiger partial charge < -0.3 is 5.11 Å². The van der Waals surface area contributed by atoms with Crippen LogP contribution < -0.4 is 0 Å². The van der Waals surface area contributed by atoms with Crippen molar-refractivity contribution >= 4 is 17.5 Å². The minimum atomic E-state index is -0.976. The molecule has 0 aliphatic rings. The summed E-state index contributed by atoms with van der Waals surface area (Å²) in [4.78, 5) is 12.1. The molecule has 76 valence electrons. The summed E-state index contributed by atoms with van der Waals surface area (Å²) in [6, 6.07) is 7.44. The first-order chi connectivity index (χ1) is 6.65. The van der Waals surface area contributed by atoms with Crippen LogP contribution in [0.1, 0.15) is 25.5 Å².